The number of carbonyl (C=O) groups is 1. The van der Waals surface area contributed by atoms with Crippen LogP contribution < -0.4 is 14.8 Å². The summed E-state index contributed by atoms with van der Waals surface area (Å²) in [5.74, 6) is 2.48. The minimum absolute atomic E-state index is 0.000738. The fourth-order valence-electron chi connectivity index (χ4n) is 6.94. The number of nitrogens with one attached hydrogen (secondary N) is 2. The Morgan fingerprint density at radius 1 is 1.13 bits per heavy atom. The van der Waals surface area contributed by atoms with Crippen LogP contribution in [-0.2, 0) is 10.0 Å². The number of hydrogen-bond donors (Lipinski definition) is 2. The molecule has 0 unspecified atom stereocenters. The van der Waals surface area contributed by atoms with Crippen molar-refractivity contribution in [3.63, 3.8) is 0 Å². The molecule has 0 saturated heterocycles. The van der Waals surface area contributed by atoms with Crippen molar-refractivity contribution in [2.45, 2.75) is 82.7 Å². The second-order valence-corrected chi connectivity index (χ2v) is 12.0. The van der Waals surface area contributed by atoms with Crippen molar-refractivity contribution < 1.29 is 17.9 Å². The van der Waals surface area contributed by atoms with Gasteiger partial charge < -0.3 is 10.1 Å². The molecular formula is C24H36N2O4S. The van der Waals surface area contributed by atoms with Gasteiger partial charge in [0.15, 0.2) is 0 Å². The summed E-state index contributed by atoms with van der Waals surface area (Å²) in [7, 11) is -2.35. The molecule has 0 aliphatic heterocycles. The molecule has 5 rings (SSSR count). The summed E-state index contributed by atoms with van der Waals surface area (Å²) in [4.78, 5) is 13.2. The average Bonchev–Trinajstić information content (AvgIpc) is 2.69. The fourth-order valence-corrected chi connectivity index (χ4v) is 8.38. The molecule has 1 amide bonds. The van der Waals surface area contributed by atoms with Crippen LogP contribution in [-0.4, -0.2) is 33.5 Å². The summed E-state index contributed by atoms with van der Waals surface area (Å²) in [5, 5.41) is 3.30. The Hall–Kier alpha value is -1.60. The molecule has 0 radical (unpaired) electrons. The van der Waals surface area contributed by atoms with Crippen molar-refractivity contribution in [2.75, 3.05) is 7.11 Å². The molecule has 6 nitrogen and oxygen atoms in total. The minimum Gasteiger partial charge on any atom is -0.495 e. The molecule has 4 bridgehead atoms. The van der Waals surface area contributed by atoms with Crippen LogP contribution in [0.3, 0.4) is 0 Å². The molecule has 0 aromatic heterocycles. The van der Waals surface area contributed by atoms with Crippen LogP contribution in [0.15, 0.2) is 23.1 Å². The second kappa shape index (κ2) is 8.39. The lowest BCUT2D eigenvalue weighted by Crippen LogP contribution is -2.56. The van der Waals surface area contributed by atoms with Gasteiger partial charge in [-0.1, -0.05) is 6.92 Å². The third kappa shape index (κ3) is 4.36. The van der Waals surface area contributed by atoms with Crippen LogP contribution >= 0.6 is 0 Å². The maximum absolute atomic E-state index is 13.2. The first-order valence-electron chi connectivity index (χ1n) is 11.7. The largest absolute Gasteiger partial charge is 0.495 e. The van der Waals surface area contributed by atoms with Gasteiger partial charge in [0.05, 0.1) is 7.11 Å². The molecule has 1 aromatic carbocycles. The SMILES string of the molecule is CC[C@H](NC(=O)c1ccc(OC)c(S(=O)(=O)NC(C)C)c1)C12CC3CC(CC(C3)C1)C2. The molecule has 31 heavy (non-hydrogen) atoms. The van der Waals surface area contributed by atoms with E-state index >= 15 is 0 Å². The van der Waals surface area contributed by atoms with Gasteiger partial charge in [-0.25, -0.2) is 13.1 Å². The van der Waals surface area contributed by atoms with Crippen LogP contribution in [0.25, 0.3) is 0 Å². The average molecular weight is 449 g/mol. The highest BCUT2D eigenvalue weighted by Gasteiger charge is 2.54. The predicted octanol–water partition coefficient (Wildman–Crippen LogP) is 4.11. The van der Waals surface area contributed by atoms with E-state index in [0.29, 0.717) is 5.56 Å². The van der Waals surface area contributed by atoms with Crippen molar-refractivity contribution >= 4 is 15.9 Å². The Kier molecular flexibility index (Phi) is 6.12. The zero-order valence-corrected chi connectivity index (χ0v) is 19.9. The Bertz CT molecular complexity index is 906. The quantitative estimate of drug-likeness (QED) is 0.627. The maximum atomic E-state index is 13.2. The van der Waals surface area contributed by atoms with Crippen LogP contribution in [0, 0.1) is 23.2 Å². The number of ether oxygens (including phenoxy) is 1. The summed E-state index contributed by atoms with van der Waals surface area (Å²) >= 11 is 0. The van der Waals surface area contributed by atoms with E-state index in [9.17, 15) is 13.2 Å². The smallest absolute Gasteiger partial charge is 0.251 e. The number of amides is 1. The molecule has 1 atom stereocenters. The maximum Gasteiger partial charge on any atom is 0.251 e. The number of methoxy groups -OCH3 is 1. The van der Waals surface area contributed by atoms with Crippen LogP contribution in [0.4, 0.5) is 0 Å². The van der Waals surface area contributed by atoms with E-state index in [-0.39, 0.29) is 34.1 Å². The van der Waals surface area contributed by atoms with Gasteiger partial charge in [0.25, 0.3) is 5.91 Å². The summed E-state index contributed by atoms with van der Waals surface area (Å²) in [5.41, 5.74) is 0.563. The standard InChI is InChI=1S/C24H36N2O4S/c1-5-22(24-12-16-8-17(13-24)10-18(9-16)14-24)25-23(27)19-6-7-20(30-4)21(11-19)31(28,29)26-15(2)3/h6-7,11,15-18,22,26H,5,8-10,12-14H2,1-4H3,(H,25,27)/t16?,17?,18?,22-,24?/m0/s1. The molecule has 4 aliphatic carbocycles. The molecule has 2 N–H and O–H groups in total. The monoisotopic (exact) mass is 448 g/mol. The summed E-state index contributed by atoms with van der Waals surface area (Å²) in [6.45, 7) is 5.68. The zero-order valence-electron chi connectivity index (χ0n) is 19.1. The first-order valence-corrected chi connectivity index (χ1v) is 13.2. The van der Waals surface area contributed by atoms with Crippen molar-refractivity contribution in [1.82, 2.24) is 10.0 Å². The fraction of sp³-hybridized carbons (Fsp3) is 0.708. The lowest BCUT2D eigenvalue weighted by molar-refractivity contribution is -0.0727. The van der Waals surface area contributed by atoms with Crippen molar-refractivity contribution in [3.05, 3.63) is 23.8 Å². The topological polar surface area (TPSA) is 84.5 Å². The first-order chi connectivity index (χ1) is 14.7. The molecule has 1 aromatic rings. The van der Waals surface area contributed by atoms with Crippen LogP contribution in [0.5, 0.6) is 5.75 Å². The summed E-state index contributed by atoms with van der Waals surface area (Å²) in [6, 6.07) is 4.52. The number of carbonyl (C=O) groups excluding carboxylic acids is 1. The van der Waals surface area contributed by atoms with E-state index < -0.39 is 10.0 Å². The van der Waals surface area contributed by atoms with Crippen molar-refractivity contribution in [2.24, 2.45) is 23.2 Å². The van der Waals surface area contributed by atoms with Gasteiger partial charge in [-0.3, -0.25) is 4.79 Å². The van der Waals surface area contributed by atoms with Gasteiger partial charge in [0, 0.05) is 17.6 Å². The summed E-state index contributed by atoms with van der Waals surface area (Å²) < 4.78 is 33.4. The number of hydrogen-bond acceptors (Lipinski definition) is 4. The third-order valence-electron chi connectivity index (χ3n) is 7.64. The van der Waals surface area contributed by atoms with Gasteiger partial charge in [-0.2, -0.15) is 0 Å². The van der Waals surface area contributed by atoms with E-state index in [0.717, 1.165) is 24.2 Å². The molecule has 4 aliphatic rings. The third-order valence-corrected chi connectivity index (χ3v) is 9.32. The Labute approximate surface area is 186 Å². The van der Waals surface area contributed by atoms with E-state index in [1.807, 2.05) is 0 Å². The Balaban J connectivity index is 1.57. The first kappa shape index (κ1) is 22.6. The van der Waals surface area contributed by atoms with E-state index in [1.54, 1.807) is 26.0 Å². The van der Waals surface area contributed by atoms with Gasteiger partial charge in [0.1, 0.15) is 10.6 Å². The van der Waals surface area contributed by atoms with Gasteiger partial charge in [-0.05, 0) is 100 Å². The normalized spacial score (nSPS) is 30.4. The molecule has 0 heterocycles. The Morgan fingerprint density at radius 3 is 2.19 bits per heavy atom. The number of rotatable bonds is 8. The zero-order chi connectivity index (χ0) is 22.4. The molecule has 4 fully saturated rings. The molecule has 0 spiro atoms. The lowest BCUT2D eigenvalue weighted by atomic mass is 9.47. The van der Waals surface area contributed by atoms with Gasteiger partial charge >= 0.3 is 0 Å². The highest BCUT2D eigenvalue weighted by atomic mass is 32.2. The summed E-state index contributed by atoms with van der Waals surface area (Å²) in [6.07, 6.45) is 8.66. The van der Waals surface area contributed by atoms with E-state index in [4.69, 9.17) is 4.74 Å². The van der Waals surface area contributed by atoms with Crippen LogP contribution in [0.2, 0.25) is 0 Å². The molecule has 172 valence electrons. The van der Waals surface area contributed by atoms with Gasteiger partial charge in [0.2, 0.25) is 10.0 Å². The highest BCUT2D eigenvalue weighted by molar-refractivity contribution is 7.89. The molecule has 4 saturated carbocycles. The van der Waals surface area contributed by atoms with Crippen molar-refractivity contribution in [3.8, 4) is 5.75 Å². The Morgan fingerprint density at radius 2 is 1.71 bits per heavy atom. The minimum atomic E-state index is -3.78. The second-order valence-electron chi connectivity index (χ2n) is 10.4. The van der Waals surface area contributed by atoms with Crippen LogP contribution in [0.1, 0.15) is 76.1 Å². The van der Waals surface area contributed by atoms with E-state index in [2.05, 4.69) is 17.0 Å². The molecule has 7 heteroatoms. The van der Waals surface area contributed by atoms with Gasteiger partial charge in [-0.15, -0.1) is 0 Å². The van der Waals surface area contributed by atoms with E-state index in [1.165, 1.54) is 51.7 Å². The lowest BCUT2D eigenvalue weighted by Gasteiger charge is -2.59. The van der Waals surface area contributed by atoms with Crippen molar-refractivity contribution in [1.29, 1.82) is 0 Å². The predicted molar refractivity (Wildman–Crippen MR) is 121 cm³/mol. The number of benzene rings is 1. The molecular weight excluding hydrogens is 412 g/mol. The highest BCUT2D eigenvalue weighted by Crippen LogP contribution is 2.61. The number of sulfonamides is 1.